The first-order chi connectivity index (χ1) is 21.8. The van der Waals surface area contributed by atoms with E-state index in [4.69, 9.17) is 11.6 Å². The average Bonchev–Trinajstić information content (AvgIpc) is 3.34. The molecule has 11 heteroatoms. The lowest BCUT2D eigenvalue weighted by atomic mass is 9.70. The summed E-state index contributed by atoms with van der Waals surface area (Å²) in [5.41, 5.74) is 1.81. The molecule has 7 rings (SSSR count). The highest BCUT2D eigenvalue weighted by Gasteiger charge is 2.65. The maximum absolute atomic E-state index is 14.0. The minimum absolute atomic E-state index is 0.000138. The Hall–Kier alpha value is -3.63. The van der Waals surface area contributed by atoms with Crippen molar-refractivity contribution in [3.8, 4) is 0 Å². The fourth-order valence-electron chi connectivity index (χ4n) is 8.70. The standard InChI is InChI=1S/C35H39ClN4O5S/c1-34(2)26-11-12-35(34,31(41)16-26)21-46(44,45)38-28-15-24(33(43)37-17-22-5-3-6-27(36)14-22)9-10-30(28)39-18-23-13-25(20-39)29-7-4-8-32(42)40(29)19-23/h3-10,14-15,23,25-26,38H,11-13,16-21H2,1-2H3,(H,37,43)/t23-,25+,26+,35-/m1/s1. The van der Waals surface area contributed by atoms with E-state index in [9.17, 15) is 22.8 Å². The number of aromatic nitrogens is 1. The molecular weight excluding hydrogens is 624 g/mol. The van der Waals surface area contributed by atoms with Crippen LogP contribution in [-0.4, -0.2) is 43.5 Å². The average molecular weight is 663 g/mol. The smallest absolute Gasteiger partial charge is 0.251 e. The molecule has 4 atom stereocenters. The van der Waals surface area contributed by atoms with Gasteiger partial charge in [0.2, 0.25) is 10.0 Å². The van der Waals surface area contributed by atoms with Crippen LogP contribution < -0.4 is 20.5 Å². The van der Waals surface area contributed by atoms with Crippen LogP contribution in [0.5, 0.6) is 0 Å². The number of carbonyl (C=O) groups is 2. The molecule has 2 saturated carbocycles. The number of carbonyl (C=O) groups excluding carboxylic acids is 2. The van der Waals surface area contributed by atoms with Gasteiger partial charge in [-0.3, -0.25) is 19.1 Å². The normalized spacial score (nSPS) is 26.1. The maximum Gasteiger partial charge on any atom is 0.251 e. The van der Waals surface area contributed by atoms with Crippen LogP contribution in [0.1, 0.15) is 67.1 Å². The van der Waals surface area contributed by atoms with Gasteiger partial charge in [-0.05, 0) is 78.5 Å². The molecule has 1 saturated heterocycles. The Kier molecular flexibility index (Phi) is 7.59. The van der Waals surface area contributed by atoms with E-state index in [2.05, 4.69) is 14.9 Å². The Labute approximate surface area is 274 Å². The van der Waals surface area contributed by atoms with E-state index in [1.807, 2.05) is 36.6 Å². The Morgan fingerprint density at radius 3 is 2.57 bits per heavy atom. The van der Waals surface area contributed by atoms with Crippen LogP contribution in [0.2, 0.25) is 5.02 Å². The number of anilines is 2. The molecular formula is C35H39ClN4O5S. The van der Waals surface area contributed by atoms with Crippen molar-refractivity contribution in [1.29, 1.82) is 0 Å². The Balaban J connectivity index is 1.20. The highest BCUT2D eigenvalue weighted by atomic mass is 35.5. The summed E-state index contributed by atoms with van der Waals surface area (Å²) in [6.07, 6.45) is 2.80. The van der Waals surface area contributed by atoms with E-state index < -0.39 is 20.9 Å². The van der Waals surface area contributed by atoms with Gasteiger partial charge in [0.1, 0.15) is 5.78 Å². The molecule has 4 bridgehead atoms. The van der Waals surface area contributed by atoms with Crippen LogP contribution >= 0.6 is 11.6 Å². The van der Waals surface area contributed by atoms with Crippen LogP contribution in [0.3, 0.4) is 0 Å². The number of amides is 1. The summed E-state index contributed by atoms with van der Waals surface area (Å²) >= 11 is 6.11. The maximum atomic E-state index is 14.0. The van der Waals surface area contributed by atoms with Gasteiger partial charge in [-0.15, -0.1) is 0 Å². The van der Waals surface area contributed by atoms with Gasteiger partial charge in [0.15, 0.2) is 0 Å². The van der Waals surface area contributed by atoms with Gasteiger partial charge >= 0.3 is 0 Å². The van der Waals surface area contributed by atoms with Crippen LogP contribution in [0.15, 0.2) is 65.5 Å². The van der Waals surface area contributed by atoms with E-state index in [1.54, 1.807) is 42.5 Å². The number of fused-ring (bicyclic) bond motifs is 6. The monoisotopic (exact) mass is 662 g/mol. The summed E-state index contributed by atoms with van der Waals surface area (Å²) in [5.74, 6) is -0.0821. The number of nitrogens with one attached hydrogen (secondary N) is 2. The summed E-state index contributed by atoms with van der Waals surface area (Å²) in [5, 5.41) is 3.48. The topological polar surface area (TPSA) is 118 Å². The third-order valence-corrected chi connectivity index (χ3v) is 12.9. The Bertz CT molecular complexity index is 1910. The fraction of sp³-hybridized carbons (Fsp3) is 0.457. The van der Waals surface area contributed by atoms with Crippen molar-refractivity contribution in [2.75, 3.05) is 28.5 Å². The fourth-order valence-corrected chi connectivity index (χ4v) is 10.8. The summed E-state index contributed by atoms with van der Waals surface area (Å²) in [6.45, 7) is 6.16. The molecule has 1 aromatic heterocycles. The second-order valence-electron chi connectivity index (χ2n) is 14.2. The second kappa shape index (κ2) is 11.3. The lowest BCUT2D eigenvalue weighted by Gasteiger charge is -2.44. The molecule has 0 unspecified atom stereocenters. The van der Waals surface area contributed by atoms with Gasteiger partial charge in [0.05, 0.1) is 22.5 Å². The first-order valence-corrected chi connectivity index (χ1v) is 18.0. The van der Waals surface area contributed by atoms with Crippen molar-refractivity contribution in [1.82, 2.24) is 9.88 Å². The van der Waals surface area contributed by atoms with Crippen molar-refractivity contribution in [3.05, 3.63) is 92.9 Å². The number of Topliss-reactive ketones (excluding diaryl/α,β-unsaturated/α-hetero) is 1. The van der Waals surface area contributed by atoms with Crippen molar-refractivity contribution in [2.45, 2.75) is 58.5 Å². The molecule has 242 valence electrons. The van der Waals surface area contributed by atoms with E-state index in [0.717, 1.165) is 24.1 Å². The molecule has 2 aliphatic carbocycles. The summed E-state index contributed by atoms with van der Waals surface area (Å²) in [4.78, 5) is 41.3. The molecule has 1 amide bonds. The van der Waals surface area contributed by atoms with E-state index in [-0.39, 0.29) is 47.3 Å². The zero-order valence-corrected chi connectivity index (χ0v) is 27.7. The Morgan fingerprint density at radius 2 is 1.83 bits per heavy atom. The van der Waals surface area contributed by atoms with E-state index in [1.165, 1.54) is 0 Å². The van der Waals surface area contributed by atoms with Gasteiger partial charge in [-0.1, -0.05) is 43.6 Å². The van der Waals surface area contributed by atoms with Crippen molar-refractivity contribution in [2.24, 2.45) is 22.7 Å². The second-order valence-corrected chi connectivity index (χ2v) is 16.3. The lowest BCUT2D eigenvalue weighted by molar-refractivity contribution is -0.128. The van der Waals surface area contributed by atoms with Gasteiger partial charge in [-0.25, -0.2) is 8.42 Å². The van der Waals surface area contributed by atoms with Crippen molar-refractivity contribution in [3.63, 3.8) is 0 Å². The zero-order chi connectivity index (χ0) is 32.4. The quantitative estimate of drug-likeness (QED) is 0.343. The number of hydrogen-bond donors (Lipinski definition) is 2. The highest BCUT2D eigenvalue weighted by molar-refractivity contribution is 7.92. The molecule has 3 aromatic rings. The summed E-state index contributed by atoms with van der Waals surface area (Å²) < 4.78 is 32.7. The molecule has 2 aliphatic heterocycles. The number of piperidine rings is 1. The van der Waals surface area contributed by atoms with Crippen molar-refractivity contribution >= 4 is 44.7 Å². The first-order valence-electron chi connectivity index (χ1n) is 16.0. The predicted molar refractivity (Wildman–Crippen MR) is 179 cm³/mol. The Morgan fingerprint density at radius 1 is 1.02 bits per heavy atom. The van der Waals surface area contributed by atoms with Gasteiger partial charge in [-0.2, -0.15) is 0 Å². The SMILES string of the molecule is CC1(C)[C@H]2CC[C@@]1(CS(=O)(=O)Nc1cc(C(=O)NCc3cccc(Cl)c3)ccc1N1C[C@H]3C[C@@H](C1)c1cccc(=O)n1C3)C(=O)C2. The number of rotatable bonds is 8. The third kappa shape index (κ3) is 5.33. The number of hydrogen-bond acceptors (Lipinski definition) is 6. The lowest BCUT2D eigenvalue weighted by Crippen LogP contribution is -2.47. The zero-order valence-electron chi connectivity index (χ0n) is 26.1. The van der Waals surface area contributed by atoms with Crippen LogP contribution in [-0.2, 0) is 27.9 Å². The highest BCUT2D eigenvalue weighted by Crippen LogP contribution is 2.64. The molecule has 0 spiro atoms. The number of halogens is 1. The first kappa shape index (κ1) is 31.0. The number of benzene rings is 2. The minimum Gasteiger partial charge on any atom is -0.369 e. The number of nitrogens with zero attached hydrogens (tertiary/aromatic N) is 2. The molecule has 9 nitrogen and oxygen atoms in total. The van der Waals surface area contributed by atoms with Crippen LogP contribution in [0, 0.1) is 22.7 Å². The molecule has 3 fully saturated rings. The van der Waals surface area contributed by atoms with Gasteiger partial charge in [0, 0.05) is 60.9 Å². The van der Waals surface area contributed by atoms with Crippen LogP contribution in [0.25, 0.3) is 0 Å². The molecule has 4 aliphatic rings. The molecule has 3 heterocycles. The van der Waals surface area contributed by atoms with Gasteiger partial charge in [0.25, 0.3) is 11.5 Å². The van der Waals surface area contributed by atoms with Gasteiger partial charge < -0.3 is 14.8 Å². The number of sulfonamides is 1. The summed E-state index contributed by atoms with van der Waals surface area (Å²) in [6, 6.07) is 17.7. The van der Waals surface area contributed by atoms with E-state index >= 15 is 0 Å². The molecule has 2 aromatic carbocycles. The van der Waals surface area contributed by atoms with Crippen LogP contribution in [0.4, 0.5) is 11.4 Å². The third-order valence-electron chi connectivity index (χ3n) is 11.3. The summed E-state index contributed by atoms with van der Waals surface area (Å²) in [7, 11) is -3.99. The largest absolute Gasteiger partial charge is 0.369 e. The number of ketones is 1. The van der Waals surface area contributed by atoms with E-state index in [0.29, 0.717) is 54.4 Å². The predicted octanol–water partition coefficient (Wildman–Crippen LogP) is 5.19. The molecule has 0 radical (unpaired) electrons. The minimum atomic E-state index is -3.99. The number of pyridine rings is 1. The molecule has 2 N–H and O–H groups in total. The molecule has 46 heavy (non-hydrogen) atoms. The van der Waals surface area contributed by atoms with Crippen molar-refractivity contribution < 1.29 is 18.0 Å².